The first-order valence-corrected chi connectivity index (χ1v) is 10.7. The molecule has 0 unspecified atom stereocenters. The zero-order valence-corrected chi connectivity index (χ0v) is 16.8. The van der Waals surface area contributed by atoms with Crippen LogP contribution in [0.2, 0.25) is 0 Å². The van der Waals surface area contributed by atoms with E-state index in [1.807, 2.05) is 0 Å². The number of imidazole rings is 1. The lowest BCUT2D eigenvalue weighted by Gasteiger charge is -2.08. The molecule has 0 fully saturated rings. The van der Waals surface area contributed by atoms with Crippen molar-refractivity contribution in [2.75, 3.05) is 5.32 Å². The summed E-state index contributed by atoms with van der Waals surface area (Å²) in [5.74, 6) is 0.576. The first-order chi connectivity index (χ1) is 14.6. The zero-order chi connectivity index (χ0) is 22.2. The van der Waals surface area contributed by atoms with Crippen molar-refractivity contribution in [2.45, 2.75) is 17.6 Å². The molecular formula is C21H17F3N4O2S. The number of nitrogens with two attached hydrogens (primary N) is 1. The van der Waals surface area contributed by atoms with Gasteiger partial charge in [0.15, 0.2) is 0 Å². The van der Waals surface area contributed by atoms with Crippen molar-refractivity contribution in [3.63, 3.8) is 0 Å². The average molecular weight is 446 g/mol. The Labute approximate surface area is 176 Å². The summed E-state index contributed by atoms with van der Waals surface area (Å²) in [5, 5.41) is 8.34. The van der Waals surface area contributed by atoms with Crippen LogP contribution in [0.3, 0.4) is 0 Å². The van der Waals surface area contributed by atoms with Crippen molar-refractivity contribution in [3.8, 4) is 11.1 Å². The summed E-state index contributed by atoms with van der Waals surface area (Å²) in [4.78, 5) is 7.61. The van der Waals surface area contributed by atoms with Gasteiger partial charge in [0.2, 0.25) is 10.0 Å². The molecule has 6 nitrogen and oxygen atoms in total. The lowest BCUT2D eigenvalue weighted by Crippen LogP contribution is -2.13. The van der Waals surface area contributed by atoms with E-state index >= 15 is 0 Å². The van der Waals surface area contributed by atoms with Gasteiger partial charge in [-0.1, -0.05) is 24.3 Å². The van der Waals surface area contributed by atoms with Crippen molar-refractivity contribution < 1.29 is 21.6 Å². The number of nitrogens with one attached hydrogen (secondary N) is 2. The van der Waals surface area contributed by atoms with Gasteiger partial charge >= 0.3 is 6.18 Å². The maximum atomic E-state index is 12.7. The Morgan fingerprint density at radius 2 is 1.71 bits per heavy atom. The fourth-order valence-corrected chi connectivity index (χ4v) is 3.99. The van der Waals surface area contributed by atoms with Crippen LogP contribution in [0.1, 0.15) is 11.4 Å². The van der Waals surface area contributed by atoms with E-state index in [0.29, 0.717) is 33.7 Å². The van der Waals surface area contributed by atoms with E-state index in [2.05, 4.69) is 15.3 Å². The van der Waals surface area contributed by atoms with Crippen LogP contribution in [0.15, 0.2) is 71.6 Å². The molecule has 4 rings (SSSR count). The highest BCUT2D eigenvalue weighted by atomic mass is 32.2. The third kappa shape index (κ3) is 4.54. The molecule has 4 N–H and O–H groups in total. The monoisotopic (exact) mass is 446 g/mol. The number of benzene rings is 3. The maximum absolute atomic E-state index is 12.7. The molecule has 0 aliphatic heterocycles. The fourth-order valence-electron chi connectivity index (χ4n) is 3.23. The molecule has 0 amide bonds. The molecular weight excluding hydrogens is 429 g/mol. The summed E-state index contributed by atoms with van der Waals surface area (Å²) in [6, 6.07) is 16.4. The van der Waals surface area contributed by atoms with E-state index in [-0.39, 0.29) is 11.4 Å². The smallest absolute Gasteiger partial charge is 0.378 e. The molecule has 0 atom stereocenters. The van der Waals surface area contributed by atoms with Crippen molar-refractivity contribution in [1.29, 1.82) is 0 Å². The normalized spacial score (nSPS) is 12.3. The van der Waals surface area contributed by atoms with Gasteiger partial charge in [-0.05, 0) is 48.0 Å². The number of aromatic amines is 1. The Hall–Kier alpha value is -3.37. The molecule has 0 aliphatic rings. The van der Waals surface area contributed by atoms with E-state index in [4.69, 9.17) is 5.14 Å². The average Bonchev–Trinajstić information content (AvgIpc) is 3.13. The van der Waals surface area contributed by atoms with Gasteiger partial charge in [0.25, 0.3) is 0 Å². The van der Waals surface area contributed by atoms with Crippen molar-refractivity contribution in [1.82, 2.24) is 9.97 Å². The van der Waals surface area contributed by atoms with Crippen molar-refractivity contribution in [2.24, 2.45) is 5.14 Å². The summed E-state index contributed by atoms with van der Waals surface area (Å²) < 4.78 is 61.7. The number of fused-ring (bicyclic) bond motifs is 1. The highest BCUT2D eigenvalue weighted by molar-refractivity contribution is 7.89. The molecule has 4 aromatic rings. The number of primary sulfonamides is 1. The lowest BCUT2D eigenvalue weighted by atomic mass is 10.1. The van der Waals surface area contributed by atoms with Gasteiger partial charge in [-0.3, -0.25) is 0 Å². The van der Waals surface area contributed by atoms with Gasteiger partial charge in [-0.25, -0.2) is 18.5 Å². The van der Waals surface area contributed by atoms with Crippen LogP contribution in [0, 0.1) is 0 Å². The minimum Gasteiger partial charge on any atom is -0.378 e. The number of anilines is 1. The molecule has 0 spiro atoms. The van der Waals surface area contributed by atoms with Crippen LogP contribution in [0.4, 0.5) is 18.9 Å². The molecule has 0 bridgehead atoms. The summed E-state index contributed by atoms with van der Waals surface area (Å²) in [7, 11) is -3.89. The summed E-state index contributed by atoms with van der Waals surface area (Å²) in [6.45, 7) is 0.267. The lowest BCUT2D eigenvalue weighted by molar-refractivity contribution is -0.137. The number of halogens is 3. The Kier molecular flexibility index (Phi) is 5.19. The molecule has 3 aromatic carbocycles. The number of hydrogen-bond donors (Lipinski definition) is 3. The fraction of sp³-hybridized carbons (Fsp3) is 0.0952. The topological polar surface area (TPSA) is 101 Å². The minimum absolute atomic E-state index is 0.0260. The number of aromatic nitrogens is 2. The highest BCUT2D eigenvalue weighted by Gasteiger charge is 2.29. The van der Waals surface area contributed by atoms with Gasteiger partial charge in [0, 0.05) is 11.3 Å². The Balaban J connectivity index is 1.56. The number of H-pyrrole nitrogens is 1. The van der Waals surface area contributed by atoms with Crippen LogP contribution in [0.25, 0.3) is 22.2 Å². The van der Waals surface area contributed by atoms with E-state index in [0.717, 1.165) is 12.1 Å². The molecule has 0 radical (unpaired) electrons. The molecule has 1 heterocycles. The molecule has 0 saturated heterocycles. The van der Waals surface area contributed by atoms with Crippen LogP contribution in [-0.4, -0.2) is 18.4 Å². The van der Waals surface area contributed by atoms with E-state index in [1.54, 1.807) is 36.4 Å². The first-order valence-electron chi connectivity index (χ1n) is 9.13. The van der Waals surface area contributed by atoms with Crippen LogP contribution >= 0.6 is 0 Å². The third-order valence-electron chi connectivity index (χ3n) is 4.71. The van der Waals surface area contributed by atoms with E-state index in [9.17, 15) is 21.6 Å². The van der Waals surface area contributed by atoms with Gasteiger partial charge in [0.1, 0.15) is 5.82 Å². The van der Waals surface area contributed by atoms with Gasteiger partial charge in [-0.15, -0.1) is 0 Å². The summed E-state index contributed by atoms with van der Waals surface area (Å²) >= 11 is 0. The predicted molar refractivity (Wildman–Crippen MR) is 112 cm³/mol. The van der Waals surface area contributed by atoms with Gasteiger partial charge < -0.3 is 10.3 Å². The van der Waals surface area contributed by atoms with Crippen LogP contribution in [-0.2, 0) is 22.7 Å². The second-order valence-electron chi connectivity index (χ2n) is 6.89. The number of rotatable bonds is 5. The predicted octanol–water partition coefficient (Wildman–Crippen LogP) is 4.51. The van der Waals surface area contributed by atoms with E-state index < -0.39 is 21.8 Å². The minimum atomic E-state index is -4.38. The van der Waals surface area contributed by atoms with Crippen LogP contribution in [0.5, 0.6) is 0 Å². The Bertz CT molecular complexity index is 1350. The molecule has 0 aliphatic carbocycles. The molecule has 10 heteroatoms. The standard InChI is InChI=1S/C21H17F3N4O2S/c22-21(23,24)14-6-8-15(9-7-14)26-12-20-27-17-10-5-13(11-18(17)28-20)16-3-1-2-4-19(16)31(25,29)30/h1-11,26H,12H2,(H,27,28)(H2,25,29,30). The first kappa shape index (κ1) is 20.9. The maximum Gasteiger partial charge on any atom is 0.416 e. The number of hydrogen-bond acceptors (Lipinski definition) is 4. The van der Waals surface area contributed by atoms with Gasteiger partial charge in [-0.2, -0.15) is 13.2 Å². The molecule has 0 saturated carbocycles. The largest absolute Gasteiger partial charge is 0.416 e. The zero-order valence-electron chi connectivity index (χ0n) is 15.9. The Morgan fingerprint density at radius 3 is 2.39 bits per heavy atom. The van der Waals surface area contributed by atoms with Gasteiger partial charge in [0.05, 0.1) is 28.0 Å². The number of alkyl halides is 3. The van der Waals surface area contributed by atoms with E-state index in [1.165, 1.54) is 18.2 Å². The SMILES string of the molecule is NS(=O)(=O)c1ccccc1-c1ccc2nc(CNc3ccc(C(F)(F)F)cc3)[nH]c2c1. The number of nitrogens with zero attached hydrogens (tertiary/aromatic N) is 1. The summed E-state index contributed by atoms with van der Waals surface area (Å²) in [6.07, 6.45) is -4.38. The molecule has 31 heavy (non-hydrogen) atoms. The Morgan fingerprint density at radius 1 is 1.00 bits per heavy atom. The quantitative estimate of drug-likeness (QED) is 0.420. The second-order valence-corrected chi connectivity index (χ2v) is 8.42. The molecule has 160 valence electrons. The van der Waals surface area contributed by atoms with Crippen molar-refractivity contribution >= 4 is 26.7 Å². The molecule has 1 aromatic heterocycles. The summed E-state index contributed by atoms with van der Waals surface area (Å²) in [5.41, 5.74) is 2.30. The van der Waals surface area contributed by atoms with Crippen LogP contribution < -0.4 is 10.5 Å². The third-order valence-corrected chi connectivity index (χ3v) is 5.68. The second kappa shape index (κ2) is 7.71. The van der Waals surface area contributed by atoms with Crippen molar-refractivity contribution in [3.05, 3.63) is 78.1 Å². The number of sulfonamides is 1. The highest BCUT2D eigenvalue weighted by Crippen LogP contribution is 2.30.